The number of rotatable bonds is 4. The van der Waals surface area contributed by atoms with Gasteiger partial charge in [0.1, 0.15) is 18.0 Å². The van der Waals surface area contributed by atoms with E-state index >= 15 is 0 Å². The minimum atomic E-state index is 0.287. The first-order valence-electron chi connectivity index (χ1n) is 8.42. The van der Waals surface area contributed by atoms with E-state index in [-0.39, 0.29) is 5.95 Å². The van der Waals surface area contributed by atoms with Crippen LogP contribution >= 0.6 is 0 Å². The van der Waals surface area contributed by atoms with E-state index in [0.717, 1.165) is 55.9 Å². The zero-order valence-electron chi connectivity index (χ0n) is 14.6. The fourth-order valence-corrected chi connectivity index (χ4v) is 3.13. The van der Waals surface area contributed by atoms with E-state index in [1.807, 2.05) is 6.92 Å². The lowest BCUT2D eigenvalue weighted by atomic mass is 9.94. The molecule has 0 saturated heterocycles. The molecule has 24 heavy (non-hydrogen) atoms. The van der Waals surface area contributed by atoms with E-state index in [2.05, 4.69) is 31.5 Å². The number of hydrogen-bond donors (Lipinski definition) is 2. The second-order valence-corrected chi connectivity index (χ2v) is 6.49. The summed E-state index contributed by atoms with van der Waals surface area (Å²) in [6, 6.07) is 0. The van der Waals surface area contributed by atoms with Crippen molar-refractivity contribution in [3.05, 3.63) is 24.4 Å². The van der Waals surface area contributed by atoms with Gasteiger partial charge in [-0.2, -0.15) is 4.98 Å². The average molecular weight is 329 g/mol. The van der Waals surface area contributed by atoms with Crippen LogP contribution in [-0.2, 0) is 6.42 Å². The van der Waals surface area contributed by atoms with Crippen LogP contribution in [-0.4, -0.2) is 26.6 Å². The van der Waals surface area contributed by atoms with Crippen molar-refractivity contribution in [2.24, 2.45) is 27.6 Å². The Morgan fingerprint density at radius 3 is 2.67 bits per heavy atom. The smallest absolute Gasteiger partial charge is 0.223 e. The van der Waals surface area contributed by atoms with Crippen molar-refractivity contribution in [3.8, 4) is 0 Å². The van der Waals surface area contributed by atoms with E-state index in [0.29, 0.717) is 17.7 Å². The highest BCUT2D eigenvalue weighted by Crippen LogP contribution is 2.30. The van der Waals surface area contributed by atoms with Crippen molar-refractivity contribution >= 4 is 17.6 Å². The maximum atomic E-state index is 5.76. The van der Waals surface area contributed by atoms with Crippen molar-refractivity contribution in [3.63, 3.8) is 0 Å². The van der Waals surface area contributed by atoms with Gasteiger partial charge in [0.25, 0.3) is 0 Å². The Morgan fingerprint density at radius 1 is 1.21 bits per heavy atom. The highest BCUT2D eigenvalue weighted by atomic mass is 15.1. The minimum absolute atomic E-state index is 0.287. The van der Waals surface area contributed by atoms with Crippen LogP contribution in [0.3, 0.4) is 0 Å². The zero-order chi connectivity index (χ0) is 17.5. The Balaban J connectivity index is 2.03. The standard InChI is InChI=1S/C17H27N7/c1-11(2)22-16(23-12(3)18)14-6-4-5-13(7-8-14)9-15-20-10-21-17(19)24-15/h10,13-14H,1,4-9H2,2-3H3,(H2,18,22,23)(H2,19,20,21,24). The molecule has 4 N–H and O–H groups in total. The van der Waals surface area contributed by atoms with Gasteiger partial charge in [-0.05, 0) is 45.4 Å². The minimum Gasteiger partial charge on any atom is -0.387 e. The number of hydrogen-bond acceptors (Lipinski definition) is 5. The zero-order valence-corrected chi connectivity index (χ0v) is 14.6. The normalized spacial score (nSPS) is 22.9. The summed E-state index contributed by atoms with van der Waals surface area (Å²) in [5.41, 5.74) is 12.2. The third kappa shape index (κ3) is 5.72. The summed E-state index contributed by atoms with van der Waals surface area (Å²) in [5.74, 6) is 3.29. The van der Waals surface area contributed by atoms with Crippen molar-refractivity contribution in [1.29, 1.82) is 0 Å². The van der Waals surface area contributed by atoms with Crippen LogP contribution in [0.15, 0.2) is 28.6 Å². The third-order valence-corrected chi connectivity index (χ3v) is 4.16. The van der Waals surface area contributed by atoms with Gasteiger partial charge in [0.2, 0.25) is 5.95 Å². The van der Waals surface area contributed by atoms with Gasteiger partial charge in [0.15, 0.2) is 0 Å². The van der Waals surface area contributed by atoms with Crippen LogP contribution in [0, 0.1) is 11.8 Å². The fraction of sp³-hybridized carbons (Fsp3) is 0.588. The van der Waals surface area contributed by atoms with E-state index in [1.54, 1.807) is 6.92 Å². The lowest BCUT2D eigenvalue weighted by Crippen LogP contribution is -2.17. The van der Waals surface area contributed by atoms with Crippen LogP contribution in [0.1, 0.15) is 51.8 Å². The van der Waals surface area contributed by atoms with Gasteiger partial charge in [0.05, 0.1) is 5.84 Å². The number of aromatic nitrogens is 3. The van der Waals surface area contributed by atoms with Crippen LogP contribution in [0.25, 0.3) is 0 Å². The molecule has 0 amide bonds. The number of aliphatic imine (C=N–C) groups is 2. The van der Waals surface area contributed by atoms with E-state index in [1.165, 1.54) is 6.33 Å². The summed E-state index contributed by atoms with van der Waals surface area (Å²) in [7, 11) is 0. The monoisotopic (exact) mass is 329 g/mol. The Bertz CT molecular complexity index is 632. The van der Waals surface area contributed by atoms with Crippen molar-refractivity contribution in [2.75, 3.05) is 5.73 Å². The van der Waals surface area contributed by atoms with E-state index in [9.17, 15) is 0 Å². The molecule has 1 aromatic heterocycles. The quantitative estimate of drug-likeness (QED) is 0.500. The molecular formula is C17H27N7. The molecule has 1 aliphatic rings. The number of nitrogens with two attached hydrogens (primary N) is 2. The second kappa shape index (κ2) is 8.52. The molecule has 0 bridgehead atoms. The average Bonchev–Trinajstić information content (AvgIpc) is 2.71. The SMILES string of the molecule is C=C(C)N=C(N=C(C)N)C1CCCC(Cc2ncnc(N)n2)CC1. The molecular weight excluding hydrogens is 302 g/mol. The molecule has 0 radical (unpaired) electrons. The van der Waals surface area contributed by atoms with E-state index in [4.69, 9.17) is 11.5 Å². The highest BCUT2D eigenvalue weighted by Gasteiger charge is 2.23. The number of nitrogen functional groups attached to an aromatic ring is 1. The topological polar surface area (TPSA) is 115 Å². The number of nitrogens with zero attached hydrogens (tertiary/aromatic N) is 5. The number of allylic oxidation sites excluding steroid dienone is 1. The molecule has 2 unspecified atom stereocenters. The van der Waals surface area contributed by atoms with Gasteiger partial charge in [-0.15, -0.1) is 0 Å². The highest BCUT2D eigenvalue weighted by molar-refractivity contribution is 5.96. The molecule has 0 spiro atoms. The molecule has 2 atom stereocenters. The van der Waals surface area contributed by atoms with Gasteiger partial charge < -0.3 is 11.5 Å². The Kier molecular flexibility index (Phi) is 6.40. The summed E-state index contributed by atoms with van der Waals surface area (Å²) in [6.45, 7) is 7.54. The van der Waals surface area contributed by atoms with Crippen molar-refractivity contribution in [1.82, 2.24) is 15.0 Å². The summed E-state index contributed by atoms with van der Waals surface area (Å²) in [4.78, 5) is 21.2. The molecule has 7 heteroatoms. The number of anilines is 1. The molecule has 7 nitrogen and oxygen atoms in total. The molecule has 2 rings (SSSR count). The van der Waals surface area contributed by atoms with Crippen LogP contribution < -0.4 is 11.5 Å². The van der Waals surface area contributed by atoms with E-state index < -0.39 is 0 Å². The molecule has 0 aliphatic heterocycles. The molecule has 1 aliphatic carbocycles. The predicted octanol–water partition coefficient (Wildman–Crippen LogP) is 2.50. The third-order valence-electron chi connectivity index (χ3n) is 4.16. The predicted molar refractivity (Wildman–Crippen MR) is 97.6 cm³/mol. The molecule has 1 saturated carbocycles. The second-order valence-electron chi connectivity index (χ2n) is 6.49. The lowest BCUT2D eigenvalue weighted by Gasteiger charge is -2.15. The Hall–Kier alpha value is -2.31. The summed E-state index contributed by atoms with van der Waals surface area (Å²) < 4.78 is 0. The maximum absolute atomic E-state index is 5.76. The molecule has 130 valence electrons. The summed E-state index contributed by atoms with van der Waals surface area (Å²) in [6.07, 6.45) is 7.79. The van der Waals surface area contributed by atoms with Crippen LogP contribution in [0.2, 0.25) is 0 Å². The van der Waals surface area contributed by atoms with Gasteiger partial charge in [-0.25, -0.2) is 20.0 Å². The van der Waals surface area contributed by atoms with Crippen LogP contribution in [0.4, 0.5) is 5.95 Å². The van der Waals surface area contributed by atoms with Crippen molar-refractivity contribution < 1.29 is 0 Å². The first kappa shape index (κ1) is 18.0. The van der Waals surface area contributed by atoms with Crippen LogP contribution in [0.5, 0.6) is 0 Å². The molecule has 1 heterocycles. The molecule has 0 aromatic carbocycles. The molecule has 1 aromatic rings. The Labute approximate surface area is 143 Å². The Morgan fingerprint density at radius 2 is 2.00 bits per heavy atom. The first-order valence-corrected chi connectivity index (χ1v) is 8.42. The summed E-state index contributed by atoms with van der Waals surface area (Å²) in [5, 5.41) is 0. The maximum Gasteiger partial charge on any atom is 0.223 e. The van der Waals surface area contributed by atoms with Gasteiger partial charge in [-0.3, -0.25) is 0 Å². The van der Waals surface area contributed by atoms with Gasteiger partial charge in [-0.1, -0.05) is 13.0 Å². The largest absolute Gasteiger partial charge is 0.387 e. The first-order chi connectivity index (χ1) is 11.4. The van der Waals surface area contributed by atoms with Gasteiger partial charge in [0, 0.05) is 18.0 Å². The lowest BCUT2D eigenvalue weighted by molar-refractivity contribution is 0.444. The molecule has 1 fully saturated rings. The fourth-order valence-electron chi connectivity index (χ4n) is 3.13. The van der Waals surface area contributed by atoms with Gasteiger partial charge >= 0.3 is 0 Å². The number of amidine groups is 2. The van der Waals surface area contributed by atoms with Crippen molar-refractivity contribution in [2.45, 2.75) is 52.4 Å². The summed E-state index contributed by atoms with van der Waals surface area (Å²) >= 11 is 0.